The van der Waals surface area contributed by atoms with Crippen molar-refractivity contribution in [2.45, 2.75) is 18.9 Å². The summed E-state index contributed by atoms with van der Waals surface area (Å²) in [6, 6.07) is 6.18. The monoisotopic (exact) mass is 269 g/mol. The van der Waals surface area contributed by atoms with Gasteiger partial charge in [-0.3, -0.25) is 4.90 Å². The molecule has 1 fully saturated rings. The minimum Gasteiger partial charge on any atom is -0.497 e. The van der Waals surface area contributed by atoms with E-state index in [0.717, 1.165) is 30.2 Å². The zero-order chi connectivity index (χ0) is 13.0. The summed E-state index contributed by atoms with van der Waals surface area (Å²) in [5.41, 5.74) is 1.15. The van der Waals surface area contributed by atoms with Crippen molar-refractivity contribution in [3.05, 3.63) is 23.8 Å². The van der Waals surface area contributed by atoms with Gasteiger partial charge in [0, 0.05) is 17.5 Å². The summed E-state index contributed by atoms with van der Waals surface area (Å²) >= 11 is 6.16. The molecule has 0 aliphatic carbocycles. The van der Waals surface area contributed by atoms with Crippen LogP contribution in [0.25, 0.3) is 0 Å². The molecule has 0 spiro atoms. The second kappa shape index (κ2) is 6.30. The van der Waals surface area contributed by atoms with E-state index < -0.39 is 0 Å². The molecule has 0 amide bonds. The van der Waals surface area contributed by atoms with Crippen molar-refractivity contribution in [2.75, 3.05) is 33.2 Å². The number of methoxy groups -OCH3 is 2. The summed E-state index contributed by atoms with van der Waals surface area (Å²) < 4.78 is 10.7. The molecule has 0 saturated carbocycles. The molecular weight excluding hydrogens is 250 g/mol. The van der Waals surface area contributed by atoms with Crippen molar-refractivity contribution in [2.24, 2.45) is 0 Å². The van der Waals surface area contributed by atoms with Gasteiger partial charge >= 0.3 is 0 Å². The van der Waals surface area contributed by atoms with Gasteiger partial charge in [0.15, 0.2) is 0 Å². The summed E-state index contributed by atoms with van der Waals surface area (Å²) in [6.45, 7) is 2.24. The van der Waals surface area contributed by atoms with Crippen LogP contribution in [0.3, 0.4) is 0 Å². The molecule has 1 aromatic rings. The van der Waals surface area contributed by atoms with E-state index in [1.165, 1.54) is 12.8 Å². The first-order chi connectivity index (χ1) is 8.80. The molecule has 18 heavy (non-hydrogen) atoms. The first kappa shape index (κ1) is 13.5. The van der Waals surface area contributed by atoms with Gasteiger partial charge in [0.2, 0.25) is 0 Å². The highest BCUT2D eigenvalue weighted by Crippen LogP contribution is 2.34. The zero-order valence-electron chi connectivity index (χ0n) is 11.0. The number of benzene rings is 1. The molecular formula is C14H20ClNO2. The summed E-state index contributed by atoms with van der Waals surface area (Å²) in [6.07, 6.45) is 2.51. The van der Waals surface area contributed by atoms with Crippen LogP contribution < -0.4 is 9.47 Å². The van der Waals surface area contributed by atoms with Crippen molar-refractivity contribution in [1.29, 1.82) is 0 Å². The minimum absolute atomic E-state index is 0.232. The largest absolute Gasteiger partial charge is 0.497 e. The van der Waals surface area contributed by atoms with E-state index in [1.807, 2.05) is 12.1 Å². The van der Waals surface area contributed by atoms with Crippen LogP contribution in [0.4, 0.5) is 0 Å². The van der Waals surface area contributed by atoms with E-state index in [0.29, 0.717) is 5.88 Å². The van der Waals surface area contributed by atoms with Gasteiger partial charge in [0.25, 0.3) is 0 Å². The van der Waals surface area contributed by atoms with Gasteiger partial charge in [-0.2, -0.15) is 0 Å². The number of hydrogen-bond donors (Lipinski definition) is 0. The Morgan fingerprint density at radius 2 is 1.94 bits per heavy atom. The van der Waals surface area contributed by atoms with Crippen LogP contribution >= 0.6 is 11.6 Å². The number of hydrogen-bond acceptors (Lipinski definition) is 3. The summed E-state index contributed by atoms with van der Waals surface area (Å²) in [5, 5.41) is 0. The van der Waals surface area contributed by atoms with Crippen LogP contribution in [0, 0.1) is 0 Å². The third kappa shape index (κ3) is 2.73. The molecule has 1 aromatic carbocycles. The Morgan fingerprint density at radius 1 is 1.22 bits per heavy atom. The van der Waals surface area contributed by atoms with Crippen LogP contribution in [-0.4, -0.2) is 38.1 Å². The fraction of sp³-hybridized carbons (Fsp3) is 0.571. The van der Waals surface area contributed by atoms with E-state index in [9.17, 15) is 0 Å². The number of halogens is 1. The predicted molar refractivity (Wildman–Crippen MR) is 73.8 cm³/mol. The number of likely N-dealkylation sites (tertiary alicyclic amines) is 1. The lowest BCUT2D eigenvalue weighted by Crippen LogP contribution is -2.27. The summed E-state index contributed by atoms with van der Waals surface area (Å²) in [4.78, 5) is 2.43. The molecule has 100 valence electrons. The van der Waals surface area contributed by atoms with Gasteiger partial charge < -0.3 is 9.47 Å². The Morgan fingerprint density at radius 3 is 2.50 bits per heavy atom. The van der Waals surface area contributed by atoms with Crippen molar-refractivity contribution >= 4 is 11.6 Å². The Kier molecular flexibility index (Phi) is 4.72. The van der Waals surface area contributed by atoms with Gasteiger partial charge in [0.1, 0.15) is 11.5 Å². The fourth-order valence-electron chi connectivity index (χ4n) is 2.52. The van der Waals surface area contributed by atoms with Crippen molar-refractivity contribution in [3.63, 3.8) is 0 Å². The maximum absolute atomic E-state index is 6.16. The van der Waals surface area contributed by atoms with E-state index in [2.05, 4.69) is 11.0 Å². The molecule has 1 heterocycles. The van der Waals surface area contributed by atoms with E-state index >= 15 is 0 Å². The normalized spacial score (nSPS) is 17.7. The van der Waals surface area contributed by atoms with Crippen LogP contribution in [0.1, 0.15) is 24.4 Å². The van der Waals surface area contributed by atoms with Crippen LogP contribution in [0.5, 0.6) is 11.5 Å². The molecule has 2 rings (SSSR count). The molecule has 0 N–H and O–H groups in total. The molecule has 1 aliphatic heterocycles. The molecule has 1 unspecified atom stereocenters. The Hall–Kier alpha value is -0.930. The Bertz CT molecular complexity index is 391. The third-order valence-corrected chi connectivity index (χ3v) is 3.82. The molecule has 1 aliphatic rings. The smallest absolute Gasteiger partial charge is 0.127 e. The lowest BCUT2D eigenvalue weighted by atomic mass is 10.1. The van der Waals surface area contributed by atoms with E-state index in [1.54, 1.807) is 14.2 Å². The van der Waals surface area contributed by atoms with Gasteiger partial charge in [-0.05, 0) is 32.0 Å². The topological polar surface area (TPSA) is 21.7 Å². The Labute approximate surface area is 114 Å². The molecule has 0 radical (unpaired) electrons. The Balaban J connectivity index is 2.28. The summed E-state index contributed by atoms with van der Waals surface area (Å²) in [5.74, 6) is 2.25. The van der Waals surface area contributed by atoms with Crippen LogP contribution in [0.15, 0.2) is 18.2 Å². The fourth-order valence-corrected chi connectivity index (χ4v) is 2.89. The highest BCUT2D eigenvalue weighted by molar-refractivity contribution is 6.18. The number of nitrogens with zero attached hydrogens (tertiary/aromatic N) is 1. The first-order valence-electron chi connectivity index (χ1n) is 6.32. The van der Waals surface area contributed by atoms with E-state index in [-0.39, 0.29) is 6.04 Å². The van der Waals surface area contributed by atoms with Crippen LogP contribution in [-0.2, 0) is 0 Å². The molecule has 1 saturated heterocycles. The lowest BCUT2D eigenvalue weighted by Gasteiger charge is -2.27. The van der Waals surface area contributed by atoms with Gasteiger partial charge in [-0.15, -0.1) is 11.6 Å². The third-order valence-electron chi connectivity index (χ3n) is 3.53. The molecule has 0 bridgehead atoms. The molecule has 4 heteroatoms. The quantitative estimate of drug-likeness (QED) is 0.767. The molecule has 0 aromatic heterocycles. The van der Waals surface area contributed by atoms with Crippen molar-refractivity contribution in [1.82, 2.24) is 4.90 Å². The maximum Gasteiger partial charge on any atom is 0.127 e. The van der Waals surface area contributed by atoms with Crippen LogP contribution in [0.2, 0.25) is 0 Å². The zero-order valence-corrected chi connectivity index (χ0v) is 11.7. The van der Waals surface area contributed by atoms with Gasteiger partial charge in [-0.25, -0.2) is 0 Å². The molecule has 1 atom stereocenters. The van der Waals surface area contributed by atoms with E-state index in [4.69, 9.17) is 21.1 Å². The van der Waals surface area contributed by atoms with Crippen molar-refractivity contribution < 1.29 is 9.47 Å². The van der Waals surface area contributed by atoms with Crippen molar-refractivity contribution in [3.8, 4) is 11.5 Å². The lowest BCUT2D eigenvalue weighted by molar-refractivity contribution is 0.259. The number of ether oxygens (including phenoxy) is 2. The maximum atomic E-state index is 6.16. The highest BCUT2D eigenvalue weighted by atomic mass is 35.5. The first-order valence-corrected chi connectivity index (χ1v) is 6.85. The minimum atomic E-state index is 0.232. The standard InChI is InChI=1S/C14H20ClNO2/c1-17-11-5-6-12(14(9-11)18-2)13(10-15)16-7-3-4-8-16/h5-6,9,13H,3-4,7-8,10H2,1-2H3. The average Bonchev–Trinajstić information content (AvgIpc) is 2.94. The number of rotatable bonds is 5. The molecule has 3 nitrogen and oxygen atoms in total. The SMILES string of the molecule is COc1ccc(C(CCl)N2CCCC2)c(OC)c1. The number of alkyl halides is 1. The highest BCUT2D eigenvalue weighted by Gasteiger charge is 2.25. The average molecular weight is 270 g/mol. The predicted octanol–water partition coefficient (Wildman–Crippen LogP) is 3.08. The van der Waals surface area contributed by atoms with Gasteiger partial charge in [0.05, 0.1) is 20.3 Å². The summed E-state index contributed by atoms with van der Waals surface area (Å²) in [7, 11) is 3.35. The second-order valence-corrected chi connectivity index (χ2v) is 4.83. The van der Waals surface area contributed by atoms with Gasteiger partial charge in [-0.1, -0.05) is 6.07 Å². The second-order valence-electron chi connectivity index (χ2n) is 4.52.